The van der Waals surface area contributed by atoms with Crippen LogP contribution < -0.4 is 5.32 Å². The lowest BCUT2D eigenvalue weighted by Crippen LogP contribution is -2.26. The Morgan fingerprint density at radius 1 is 1.17 bits per heavy atom. The number of phenolic OH excluding ortho intramolecular Hbond substituents is 1. The Morgan fingerprint density at radius 3 is 2.67 bits per heavy atom. The molecule has 1 amide bonds. The van der Waals surface area contributed by atoms with Crippen LogP contribution in [0.1, 0.15) is 21.6 Å². The number of halogens is 1. The van der Waals surface area contributed by atoms with E-state index in [9.17, 15) is 14.3 Å². The number of amides is 1. The van der Waals surface area contributed by atoms with Crippen molar-refractivity contribution in [3.8, 4) is 5.75 Å². The molecule has 2 aromatic carbocycles. The van der Waals surface area contributed by atoms with E-state index in [0.717, 1.165) is 5.56 Å². The number of hydrogen-bond donors (Lipinski definition) is 2. The van der Waals surface area contributed by atoms with E-state index >= 15 is 0 Å². The Morgan fingerprint density at radius 2 is 1.92 bits per heavy atom. The fraction of sp³-hybridized carbons (Fsp3) is 0.158. The lowest BCUT2D eigenvalue weighted by atomic mass is 10.1. The highest BCUT2D eigenvalue weighted by molar-refractivity contribution is 6.06. The van der Waals surface area contributed by atoms with Crippen LogP contribution in [0.25, 0.3) is 10.9 Å². The van der Waals surface area contributed by atoms with E-state index in [-0.39, 0.29) is 11.7 Å². The quantitative estimate of drug-likeness (QED) is 0.773. The zero-order valence-electron chi connectivity index (χ0n) is 13.2. The lowest BCUT2D eigenvalue weighted by Gasteiger charge is -2.09. The molecule has 0 radical (unpaired) electrons. The molecule has 1 aromatic heterocycles. The van der Waals surface area contributed by atoms with Gasteiger partial charge in [0.05, 0.1) is 11.1 Å². The van der Waals surface area contributed by atoms with E-state index in [1.807, 2.05) is 12.1 Å². The van der Waals surface area contributed by atoms with Crippen molar-refractivity contribution < 1.29 is 14.3 Å². The van der Waals surface area contributed by atoms with Crippen molar-refractivity contribution in [3.05, 3.63) is 71.2 Å². The van der Waals surface area contributed by atoms with E-state index < -0.39 is 5.82 Å². The molecule has 24 heavy (non-hydrogen) atoms. The van der Waals surface area contributed by atoms with Crippen molar-refractivity contribution in [2.45, 2.75) is 13.3 Å². The number of hydrogen-bond acceptors (Lipinski definition) is 3. The first-order valence-corrected chi connectivity index (χ1v) is 7.66. The summed E-state index contributed by atoms with van der Waals surface area (Å²) in [7, 11) is 0. The topological polar surface area (TPSA) is 62.2 Å². The summed E-state index contributed by atoms with van der Waals surface area (Å²) in [6.45, 7) is 2.25. The number of benzene rings is 2. The van der Waals surface area contributed by atoms with Crippen LogP contribution in [0.2, 0.25) is 0 Å². The summed E-state index contributed by atoms with van der Waals surface area (Å²) in [4.78, 5) is 16.8. The molecule has 1 heterocycles. The summed E-state index contributed by atoms with van der Waals surface area (Å²) >= 11 is 0. The number of pyridine rings is 1. The predicted octanol–water partition coefficient (Wildman–Crippen LogP) is 3.36. The second-order valence-electron chi connectivity index (χ2n) is 5.65. The molecule has 0 aliphatic rings. The Kier molecular flexibility index (Phi) is 4.42. The normalized spacial score (nSPS) is 10.8. The molecule has 122 valence electrons. The van der Waals surface area contributed by atoms with Crippen molar-refractivity contribution in [3.63, 3.8) is 0 Å². The zero-order chi connectivity index (χ0) is 17.1. The highest BCUT2D eigenvalue weighted by Crippen LogP contribution is 2.19. The number of fused-ring (bicyclic) bond motifs is 1. The fourth-order valence-corrected chi connectivity index (χ4v) is 2.60. The van der Waals surface area contributed by atoms with Crippen LogP contribution in [0.15, 0.2) is 48.5 Å². The number of aromatic nitrogens is 1. The lowest BCUT2D eigenvalue weighted by molar-refractivity contribution is 0.0955. The van der Waals surface area contributed by atoms with Gasteiger partial charge in [0.1, 0.15) is 11.6 Å². The molecule has 5 heteroatoms. The number of aromatic hydroxyl groups is 1. The third-order valence-corrected chi connectivity index (χ3v) is 3.78. The van der Waals surface area contributed by atoms with Crippen LogP contribution in [0.4, 0.5) is 4.39 Å². The molecule has 2 N–H and O–H groups in total. The van der Waals surface area contributed by atoms with Crippen molar-refractivity contribution in [1.29, 1.82) is 0 Å². The number of phenols is 1. The largest absolute Gasteiger partial charge is 0.508 e. The first-order valence-electron chi connectivity index (χ1n) is 7.66. The van der Waals surface area contributed by atoms with Gasteiger partial charge in [-0.2, -0.15) is 0 Å². The molecule has 0 spiro atoms. The molecule has 3 rings (SSSR count). The van der Waals surface area contributed by atoms with Gasteiger partial charge in [0, 0.05) is 17.6 Å². The van der Waals surface area contributed by atoms with Crippen LogP contribution >= 0.6 is 0 Å². The van der Waals surface area contributed by atoms with Gasteiger partial charge in [0.25, 0.3) is 5.91 Å². The van der Waals surface area contributed by atoms with Crippen LogP contribution in [-0.4, -0.2) is 22.5 Å². The van der Waals surface area contributed by atoms with Gasteiger partial charge in [-0.1, -0.05) is 12.1 Å². The predicted molar refractivity (Wildman–Crippen MR) is 90.6 cm³/mol. The summed E-state index contributed by atoms with van der Waals surface area (Å²) < 4.78 is 13.5. The minimum atomic E-state index is -0.397. The monoisotopic (exact) mass is 324 g/mol. The maximum Gasteiger partial charge on any atom is 0.252 e. The van der Waals surface area contributed by atoms with Crippen molar-refractivity contribution in [2.24, 2.45) is 0 Å². The Labute approximate surface area is 139 Å². The van der Waals surface area contributed by atoms with Crippen molar-refractivity contribution >= 4 is 16.8 Å². The number of rotatable bonds is 4. The van der Waals surface area contributed by atoms with Crippen molar-refractivity contribution in [2.75, 3.05) is 6.54 Å². The molecule has 0 saturated carbocycles. The van der Waals surface area contributed by atoms with E-state index in [1.54, 1.807) is 31.2 Å². The average molecular weight is 324 g/mol. The minimum Gasteiger partial charge on any atom is -0.508 e. The maximum absolute atomic E-state index is 13.5. The van der Waals surface area contributed by atoms with E-state index in [2.05, 4.69) is 10.3 Å². The molecule has 0 bridgehead atoms. The van der Waals surface area contributed by atoms with Gasteiger partial charge in [-0.05, 0) is 55.3 Å². The van der Waals surface area contributed by atoms with Gasteiger partial charge in [-0.25, -0.2) is 4.39 Å². The van der Waals surface area contributed by atoms with E-state index in [0.29, 0.717) is 35.1 Å². The maximum atomic E-state index is 13.5. The van der Waals surface area contributed by atoms with Gasteiger partial charge in [0.2, 0.25) is 0 Å². The highest BCUT2D eigenvalue weighted by atomic mass is 19.1. The van der Waals surface area contributed by atoms with E-state index in [1.165, 1.54) is 12.1 Å². The summed E-state index contributed by atoms with van der Waals surface area (Å²) in [6.07, 6.45) is 0.641. The van der Waals surface area contributed by atoms with Crippen LogP contribution in [0.5, 0.6) is 5.75 Å². The summed E-state index contributed by atoms with van der Waals surface area (Å²) in [5.74, 6) is -0.440. The molecule has 4 nitrogen and oxygen atoms in total. The SMILES string of the molecule is Cc1cc(C(=O)NCCc2ccc(O)cc2)c2cc(F)ccc2n1. The number of carbonyl (C=O) groups is 1. The first kappa shape index (κ1) is 15.9. The fourth-order valence-electron chi connectivity index (χ4n) is 2.60. The molecular formula is C19H17FN2O2. The minimum absolute atomic E-state index is 0.212. The second-order valence-corrected chi connectivity index (χ2v) is 5.65. The molecule has 0 unspecified atom stereocenters. The average Bonchev–Trinajstić information content (AvgIpc) is 2.56. The summed E-state index contributed by atoms with van der Waals surface area (Å²) in [5.41, 5.74) is 2.73. The molecule has 0 fully saturated rings. The number of nitrogens with zero attached hydrogens (tertiary/aromatic N) is 1. The van der Waals surface area contributed by atoms with Crippen molar-refractivity contribution in [1.82, 2.24) is 10.3 Å². The van der Waals surface area contributed by atoms with Crippen LogP contribution in [0.3, 0.4) is 0 Å². The molecule has 3 aromatic rings. The number of nitrogens with one attached hydrogen (secondary N) is 1. The molecule has 0 aliphatic heterocycles. The van der Waals surface area contributed by atoms with Gasteiger partial charge in [0.15, 0.2) is 0 Å². The van der Waals surface area contributed by atoms with Gasteiger partial charge in [-0.3, -0.25) is 9.78 Å². The smallest absolute Gasteiger partial charge is 0.252 e. The standard InChI is InChI=1S/C19H17FN2O2/c1-12-10-17(16-11-14(20)4-7-18(16)22-12)19(24)21-9-8-13-2-5-15(23)6-3-13/h2-7,10-11,23H,8-9H2,1H3,(H,21,24). The molecular weight excluding hydrogens is 307 g/mol. The zero-order valence-corrected chi connectivity index (χ0v) is 13.2. The number of carbonyl (C=O) groups excluding carboxylic acids is 1. The summed E-state index contributed by atoms with van der Waals surface area (Å²) in [5, 5.41) is 12.6. The molecule has 0 aliphatic carbocycles. The highest BCUT2D eigenvalue weighted by Gasteiger charge is 2.12. The van der Waals surface area contributed by atoms with Gasteiger partial charge < -0.3 is 10.4 Å². The van der Waals surface area contributed by atoms with E-state index in [4.69, 9.17) is 0 Å². The third kappa shape index (κ3) is 3.51. The third-order valence-electron chi connectivity index (χ3n) is 3.78. The molecule has 0 atom stereocenters. The first-order chi connectivity index (χ1) is 11.5. The number of aryl methyl sites for hydroxylation is 1. The molecule has 0 saturated heterocycles. The second kappa shape index (κ2) is 6.66. The van der Waals surface area contributed by atoms with Gasteiger partial charge in [-0.15, -0.1) is 0 Å². The van der Waals surface area contributed by atoms with Crippen LogP contribution in [0, 0.1) is 12.7 Å². The summed E-state index contributed by atoms with van der Waals surface area (Å²) in [6, 6.07) is 12.7. The Hall–Kier alpha value is -2.95. The van der Waals surface area contributed by atoms with Crippen LogP contribution in [-0.2, 0) is 6.42 Å². The van der Waals surface area contributed by atoms with Gasteiger partial charge >= 0.3 is 0 Å². The Bertz CT molecular complexity index is 892. The Balaban J connectivity index is 1.76.